The van der Waals surface area contributed by atoms with Gasteiger partial charge in [-0.1, -0.05) is 12.1 Å². The van der Waals surface area contributed by atoms with Gasteiger partial charge in [0.25, 0.3) is 0 Å². The number of benzene rings is 1. The molecule has 0 aromatic heterocycles. The number of aliphatic hydroxyl groups is 1. The number of hydrogen-bond acceptors (Lipinski definition) is 2. The third kappa shape index (κ3) is 1.90. The molecule has 1 aromatic carbocycles. The van der Waals surface area contributed by atoms with Crippen LogP contribution in [-0.2, 0) is 0 Å². The van der Waals surface area contributed by atoms with Crippen LogP contribution in [0.4, 0.5) is 4.39 Å². The summed E-state index contributed by atoms with van der Waals surface area (Å²) in [5.74, 6) is -0.220. The third-order valence-corrected chi connectivity index (χ3v) is 3.31. The van der Waals surface area contributed by atoms with Gasteiger partial charge in [0, 0.05) is 11.5 Å². The van der Waals surface area contributed by atoms with Gasteiger partial charge >= 0.3 is 0 Å². The quantitative estimate of drug-likeness (QED) is 0.793. The van der Waals surface area contributed by atoms with Crippen LogP contribution in [-0.4, -0.2) is 18.8 Å². The van der Waals surface area contributed by atoms with Crippen molar-refractivity contribution in [2.75, 3.05) is 13.7 Å². The molecule has 1 aliphatic carbocycles. The van der Waals surface area contributed by atoms with Gasteiger partial charge in [0.2, 0.25) is 0 Å². The molecule has 2 N–H and O–H groups in total. The zero-order chi connectivity index (χ0) is 10.9. The lowest BCUT2D eigenvalue weighted by Crippen LogP contribution is -2.29. The van der Waals surface area contributed by atoms with E-state index in [1.807, 2.05) is 7.05 Å². The second-order valence-corrected chi connectivity index (χ2v) is 4.29. The van der Waals surface area contributed by atoms with E-state index < -0.39 is 0 Å². The Kier molecular flexibility index (Phi) is 2.76. The van der Waals surface area contributed by atoms with Crippen molar-refractivity contribution in [3.63, 3.8) is 0 Å². The van der Waals surface area contributed by atoms with Gasteiger partial charge < -0.3 is 10.4 Å². The fourth-order valence-corrected chi connectivity index (χ4v) is 2.18. The Balaban J connectivity index is 2.23. The first kappa shape index (κ1) is 10.6. The van der Waals surface area contributed by atoms with Crippen LogP contribution in [0.2, 0.25) is 0 Å². The summed E-state index contributed by atoms with van der Waals surface area (Å²) in [4.78, 5) is 0. The summed E-state index contributed by atoms with van der Waals surface area (Å²) in [6.45, 7) is 0.190. The first-order valence-corrected chi connectivity index (χ1v) is 5.25. The summed E-state index contributed by atoms with van der Waals surface area (Å²) < 4.78 is 12.8. The van der Waals surface area contributed by atoms with Crippen molar-refractivity contribution < 1.29 is 9.50 Å². The van der Waals surface area contributed by atoms with Crippen molar-refractivity contribution in [1.82, 2.24) is 5.32 Å². The van der Waals surface area contributed by atoms with E-state index in [2.05, 4.69) is 5.32 Å². The maximum atomic E-state index is 12.8. The second-order valence-electron chi connectivity index (χ2n) is 4.29. The van der Waals surface area contributed by atoms with E-state index in [9.17, 15) is 9.50 Å². The van der Waals surface area contributed by atoms with Gasteiger partial charge in [0.05, 0.1) is 6.61 Å². The largest absolute Gasteiger partial charge is 0.396 e. The van der Waals surface area contributed by atoms with E-state index in [1.165, 1.54) is 12.1 Å². The lowest BCUT2D eigenvalue weighted by molar-refractivity contribution is 0.175. The fourth-order valence-electron chi connectivity index (χ4n) is 2.18. The van der Waals surface area contributed by atoms with E-state index in [0.717, 1.165) is 18.4 Å². The van der Waals surface area contributed by atoms with Crippen molar-refractivity contribution in [2.45, 2.75) is 18.9 Å². The summed E-state index contributed by atoms with van der Waals surface area (Å²) in [5.41, 5.74) is 1.03. The average molecular weight is 209 g/mol. The Labute approximate surface area is 89.1 Å². The minimum atomic E-state index is -0.220. The number of nitrogens with one attached hydrogen (secondary N) is 1. The van der Waals surface area contributed by atoms with Gasteiger partial charge in [-0.2, -0.15) is 0 Å². The van der Waals surface area contributed by atoms with Crippen LogP contribution in [0.3, 0.4) is 0 Å². The number of halogens is 1. The first-order chi connectivity index (χ1) is 7.22. The molecule has 1 fully saturated rings. The van der Waals surface area contributed by atoms with Crippen molar-refractivity contribution in [3.05, 3.63) is 35.6 Å². The Morgan fingerprint density at radius 3 is 2.40 bits per heavy atom. The van der Waals surface area contributed by atoms with Crippen molar-refractivity contribution in [2.24, 2.45) is 5.41 Å². The monoisotopic (exact) mass is 209 g/mol. The minimum Gasteiger partial charge on any atom is -0.396 e. The van der Waals surface area contributed by atoms with Crippen LogP contribution in [0.1, 0.15) is 24.4 Å². The Bertz CT molecular complexity index is 332. The van der Waals surface area contributed by atoms with Gasteiger partial charge in [-0.15, -0.1) is 0 Å². The van der Waals surface area contributed by atoms with E-state index >= 15 is 0 Å². The molecule has 0 bridgehead atoms. The lowest BCUT2D eigenvalue weighted by atomic mass is 9.91. The summed E-state index contributed by atoms with van der Waals surface area (Å²) in [5, 5.41) is 12.6. The molecule has 1 unspecified atom stereocenters. The molecule has 0 spiro atoms. The molecule has 3 heteroatoms. The fraction of sp³-hybridized carbons (Fsp3) is 0.500. The highest BCUT2D eigenvalue weighted by atomic mass is 19.1. The molecule has 0 radical (unpaired) electrons. The molecule has 0 saturated heterocycles. The lowest BCUT2D eigenvalue weighted by Gasteiger charge is -2.25. The van der Waals surface area contributed by atoms with Gasteiger partial charge in [-0.25, -0.2) is 4.39 Å². The maximum Gasteiger partial charge on any atom is 0.123 e. The van der Waals surface area contributed by atoms with Crippen LogP contribution in [0.25, 0.3) is 0 Å². The van der Waals surface area contributed by atoms with E-state index in [4.69, 9.17) is 0 Å². The van der Waals surface area contributed by atoms with Crippen molar-refractivity contribution in [1.29, 1.82) is 0 Å². The highest BCUT2D eigenvalue weighted by molar-refractivity contribution is 5.24. The molecule has 0 amide bonds. The summed E-state index contributed by atoms with van der Waals surface area (Å²) in [6, 6.07) is 6.63. The van der Waals surface area contributed by atoms with E-state index in [1.54, 1.807) is 12.1 Å². The molecule has 15 heavy (non-hydrogen) atoms. The van der Waals surface area contributed by atoms with Gasteiger partial charge in [0.1, 0.15) is 5.82 Å². The highest BCUT2D eigenvalue weighted by Crippen LogP contribution is 2.54. The molecule has 1 saturated carbocycles. The molecule has 0 aliphatic heterocycles. The maximum absolute atomic E-state index is 12.8. The second kappa shape index (κ2) is 3.91. The number of rotatable bonds is 4. The van der Waals surface area contributed by atoms with E-state index in [-0.39, 0.29) is 23.9 Å². The molecular formula is C12H16FNO. The van der Waals surface area contributed by atoms with Crippen molar-refractivity contribution in [3.8, 4) is 0 Å². The van der Waals surface area contributed by atoms with E-state index in [0.29, 0.717) is 0 Å². The van der Waals surface area contributed by atoms with Gasteiger partial charge in [0.15, 0.2) is 0 Å². The van der Waals surface area contributed by atoms with Crippen LogP contribution in [0.5, 0.6) is 0 Å². The predicted molar refractivity (Wildman–Crippen MR) is 57.0 cm³/mol. The summed E-state index contributed by atoms with van der Waals surface area (Å²) in [6.07, 6.45) is 2.07. The summed E-state index contributed by atoms with van der Waals surface area (Å²) in [7, 11) is 1.88. The Morgan fingerprint density at radius 1 is 1.40 bits per heavy atom. The zero-order valence-corrected chi connectivity index (χ0v) is 8.83. The van der Waals surface area contributed by atoms with Crippen LogP contribution in [0.15, 0.2) is 24.3 Å². The summed E-state index contributed by atoms with van der Waals surface area (Å²) >= 11 is 0. The smallest absolute Gasteiger partial charge is 0.123 e. The molecule has 0 heterocycles. The van der Waals surface area contributed by atoms with Crippen LogP contribution in [0, 0.1) is 11.2 Å². The minimum absolute atomic E-state index is 0.0213. The standard InChI is InChI=1S/C12H16FNO/c1-14-11(12(8-15)6-7-12)9-2-4-10(13)5-3-9/h2-5,11,14-15H,6-8H2,1H3. The normalized spacial score (nSPS) is 19.9. The third-order valence-electron chi connectivity index (χ3n) is 3.31. The van der Waals surface area contributed by atoms with Crippen molar-refractivity contribution >= 4 is 0 Å². The van der Waals surface area contributed by atoms with Crippen LogP contribution >= 0.6 is 0 Å². The highest BCUT2D eigenvalue weighted by Gasteiger charge is 2.48. The molecule has 82 valence electrons. The predicted octanol–water partition coefficient (Wildman–Crippen LogP) is 1.86. The molecule has 2 rings (SSSR count). The van der Waals surface area contributed by atoms with Crippen LogP contribution < -0.4 is 5.32 Å². The van der Waals surface area contributed by atoms with Gasteiger partial charge in [-0.3, -0.25) is 0 Å². The average Bonchev–Trinajstić information content (AvgIpc) is 3.03. The molecule has 1 atom stereocenters. The number of hydrogen-bond donors (Lipinski definition) is 2. The van der Waals surface area contributed by atoms with Gasteiger partial charge in [-0.05, 0) is 37.6 Å². The molecule has 1 aromatic rings. The first-order valence-electron chi connectivity index (χ1n) is 5.25. The number of aliphatic hydroxyl groups excluding tert-OH is 1. The zero-order valence-electron chi connectivity index (χ0n) is 8.83. The Hall–Kier alpha value is -0.930. The molecular weight excluding hydrogens is 193 g/mol. The molecule has 1 aliphatic rings. The molecule has 2 nitrogen and oxygen atoms in total. The SMILES string of the molecule is CNC(c1ccc(F)cc1)C1(CO)CC1. The Morgan fingerprint density at radius 2 is 2.00 bits per heavy atom. The topological polar surface area (TPSA) is 32.3 Å².